The Morgan fingerprint density at radius 2 is 1.88 bits per heavy atom. The lowest BCUT2D eigenvalue weighted by Gasteiger charge is -2.30. The van der Waals surface area contributed by atoms with Crippen molar-refractivity contribution >= 4 is 17.5 Å². The number of halogens is 3. The highest BCUT2D eigenvalue weighted by Crippen LogP contribution is 2.60. The van der Waals surface area contributed by atoms with E-state index in [0.717, 1.165) is 11.0 Å². The molecule has 0 aromatic heterocycles. The number of carbonyl (C=O) groups is 2. The highest BCUT2D eigenvalue weighted by Gasteiger charge is 2.72. The molecule has 1 aromatic carbocycles. The van der Waals surface area contributed by atoms with E-state index in [9.17, 15) is 22.8 Å². The summed E-state index contributed by atoms with van der Waals surface area (Å²) < 4.78 is 56.9. The Bertz CT molecular complexity index is 1060. The van der Waals surface area contributed by atoms with Gasteiger partial charge in [-0.1, -0.05) is 0 Å². The van der Waals surface area contributed by atoms with E-state index in [0.29, 0.717) is 24.9 Å². The second-order valence-electron chi connectivity index (χ2n) is 8.41. The van der Waals surface area contributed by atoms with Crippen LogP contribution in [0.15, 0.2) is 29.8 Å². The minimum Gasteiger partial charge on any atom is -0.382 e. The molecule has 2 saturated heterocycles. The first-order valence-electron chi connectivity index (χ1n) is 9.96. The number of hydrogen-bond donors (Lipinski definition) is 0. The number of nitrogens with zero attached hydrogens (tertiary/aromatic N) is 2. The lowest BCUT2D eigenvalue weighted by molar-refractivity contribution is -0.138. The predicted octanol–water partition coefficient (Wildman–Crippen LogP) is 2.83. The van der Waals surface area contributed by atoms with Gasteiger partial charge in [-0.25, -0.2) is 4.90 Å². The number of ether oxygens (including phenoxy) is 3. The van der Waals surface area contributed by atoms with E-state index in [1.54, 1.807) is 27.0 Å². The van der Waals surface area contributed by atoms with Crippen LogP contribution in [0.5, 0.6) is 0 Å². The molecule has 1 aromatic rings. The first-order chi connectivity index (χ1) is 15.0. The van der Waals surface area contributed by atoms with Crippen molar-refractivity contribution in [2.24, 2.45) is 11.8 Å². The first-order valence-corrected chi connectivity index (χ1v) is 9.96. The summed E-state index contributed by atoms with van der Waals surface area (Å²) >= 11 is 0. The van der Waals surface area contributed by atoms with Gasteiger partial charge in [0.25, 0.3) is 0 Å². The number of carbonyl (C=O) groups excluding carboxylic acids is 2. The largest absolute Gasteiger partial charge is 0.417 e. The molecule has 2 amide bonds. The van der Waals surface area contributed by atoms with Gasteiger partial charge < -0.3 is 14.2 Å². The molecule has 0 radical (unpaired) electrons. The first kappa shape index (κ1) is 22.5. The van der Waals surface area contributed by atoms with Crippen LogP contribution in [0.25, 0.3) is 0 Å². The third-order valence-electron chi connectivity index (χ3n) is 6.42. The fourth-order valence-electron chi connectivity index (χ4n) is 5.03. The fourth-order valence-corrected chi connectivity index (χ4v) is 5.03. The Morgan fingerprint density at radius 1 is 1.19 bits per heavy atom. The van der Waals surface area contributed by atoms with Crippen molar-refractivity contribution in [1.29, 1.82) is 5.26 Å². The van der Waals surface area contributed by atoms with Gasteiger partial charge in [0, 0.05) is 7.11 Å². The second-order valence-corrected chi connectivity index (χ2v) is 8.41. The highest BCUT2D eigenvalue weighted by molar-refractivity contribution is 6.23. The summed E-state index contributed by atoms with van der Waals surface area (Å²) in [5, 5.41) is 9.01. The fraction of sp³-hybridized carbons (Fsp3) is 0.500. The zero-order valence-corrected chi connectivity index (χ0v) is 17.7. The molecular weight excluding hydrogens is 429 g/mol. The summed E-state index contributed by atoms with van der Waals surface area (Å²) in [5.74, 6) is -3.02. The summed E-state index contributed by atoms with van der Waals surface area (Å²) in [6, 6.07) is 4.31. The Hall–Kier alpha value is -2.74. The van der Waals surface area contributed by atoms with Crippen molar-refractivity contribution in [2.75, 3.05) is 31.8 Å². The molecule has 7 nitrogen and oxygen atoms in total. The third-order valence-corrected chi connectivity index (χ3v) is 6.42. The molecular formula is C22H21F3N2O5. The van der Waals surface area contributed by atoms with Gasteiger partial charge in [0.1, 0.15) is 5.60 Å². The van der Waals surface area contributed by atoms with Crippen LogP contribution in [0.4, 0.5) is 18.9 Å². The highest BCUT2D eigenvalue weighted by atomic mass is 19.4. The maximum absolute atomic E-state index is 13.4. The average Bonchev–Trinajstić information content (AvgIpc) is 3.25. The molecule has 2 fully saturated rings. The number of anilines is 1. The van der Waals surface area contributed by atoms with Crippen LogP contribution in [0.1, 0.15) is 25.0 Å². The van der Waals surface area contributed by atoms with Crippen molar-refractivity contribution in [2.45, 2.75) is 31.2 Å². The van der Waals surface area contributed by atoms with Crippen LogP contribution >= 0.6 is 0 Å². The third kappa shape index (κ3) is 3.15. The Labute approximate surface area is 182 Å². The van der Waals surface area contributed by atoms with E-state index >= 15 is 0 Å². The molecule has 3 heterocycles. The number of benzene rings is 1. The zero-order valence-electron chi connectivity index (χ0n) is 17.7. The maximum atomic E-state index is 13.4. The van der Waals surface area contributed by atoms with E-state index < -0.39 is 52.2 Å². The number of nitriles is 1. The van der Waals surface area contributed by atoms with E-state index in [1.165, 1.54) is 12.1 Å². The number of hydrogen-bond acceptors (Lipinski definition) is 6. The van der Waals surface area contributed by atoms with Crippen molar-refractivity contribution in [3.63, 3.8) is 0 Å². The van der Waals surface area contributed by atoms with Gasteiger partial charge in [-0.15, -0.1) is 0 Å². The number of rotatable bonds is 6. The minimum atomic E-state index is -4.81. The van der Waals surface area contributed by atoms with Crippen LogP contribution in [0.3, 0.4) is 0 Å². The van der Waals surface area contributed by atoms with Gasteiger partial charge in [0.15, 0.2) is 0 Å². The standard InChI is InChI=1S/C22H21F3N2O5/c1-20-9-13(11-31-7-6-30-3)21(2,32-20)17-16(20)18(28)27(19(17)29)14-5-4-12(10-26)15(8-14)22(23,24)25/h4-5,8-9,16-17H,6-7,11H2,1-3H3/t16-,17+,20-,21+/m1/s1. The second kappa shape index (κ2) is 7.40. The summed E-state index contributed by atoms with van der Waals surface area (Å²) in [7, 11) is 1.54. The molecule has 0 saturated carbocycles. The maximum Gasteiger partial charge on any atom is 0.417 e. The minimum absolute atomic E-state index is 0.176. The van der Waals surface area contributed by atoms with Crippen LogP contribution in [0, 0.1) is 23.2 Å². The number of imide groups is 1. The lowest BCUT2D eigenvalue weighted by atomic mass is 9.69. The van der Waals surface area contributed by atoms with Gasteiger partial charge in [-0.3, -0.25) is 9.59 Å². The number of fused-ring (bicyclic) bond motifs is 5. The van der Waals surface area contributed by atoms with E-state index in [4.69, 9.17) is 19.5 Å². The molecule has 0 unspecified atom stereocenters. The SMILES string of the molecule is COCCOCC1=C[C@@]2(C)O[C@]1(C)[C@@H]1C(=O)N(c3ccc(C#N)c(C(F)(F)F)c3)C(=O)[C@@H]12. The van der Waals surface area contributed by atoms with Gasteiger partial charge in [0.2, 0.25) is 11.8 Å². The summed E-state index contributed by atoms with van der Waals surface area (Å²) in [5.41, 5.74) is -3.49. The van der Waals surface area contributed by atoms with Gasteiger partial charge in [-0.2, -0.15) is 18.4 Å². The summed E-state index contributed by atoms with van der Waals surface area (Å²) in [4.78, 5) is 27.4. The van der Waals surface area contributed by atoms with Gasteiger partial charge in [-0.05, 0) is 43.7 Å². The summed E-state index contributed by atoms with van der Waals surface area (Å²) in [6.45, 7) is 4.28. The molecule has 170 valence electrons. The van der Waals surface area contributed by atoms with E-state index in [-0.39, 0.29) is 12.3 Å². The molecule has 4 rings (SSSR count). The van der Waals surface area contributed by atoms with Crippen LogP contribution < -0.4 is 4.90 Å². The van der Waals surface area contributed by atoms with Gasteiger partial charge >= 0.3 is 6.18 Å². The molecule has 3 aliphatic heterocycles. The van der Waals surface area contributed by atoms with Crippen LogP contribution in [-0.2, 0) is 30.0 Å². The topological polar surface area (TPSA) is 88.9 Å². The lowest BCUT2D eigenvalue weighted by Crippen LogP contribution is -2.42. The number of amides is 2. The monoisotopic (exact) mass is 450 g/mol. The molecule has 32 heavy (non-hydrogen) atoms. The normalized spacial score (nSPS) is 31.2. The van der Waals surface area contributed by atoms with Crippen LogP contribution in [0.2, 0.25) is 0 Å². The molecule has 2 bridgehead atoms. The molecule has 0 aliphatic carbocycles. The quantitative estimate of drug-likeness (QED) is 0.376. The molecule has 0 N–H and O–H groups in total. The zero-order chi connectivity index (χ0) is 23.5. The van der Waals surface area contributed by atoms with Crippen molar-refractivity contribution in [3.05, 3.63) is 41.0 Å². The van der Waals surface area contributed by atoms with Gasteiger partial charge in [0.05, 0.1) is 60.1 Å². The van der Waals surface area contributed by atoms with Crippen LogP contribution in [-0.4, -0.2) is 49.9 Å². The Balaban J connectivity index is 1.68. The van der Waals surface area contributed by atoms with Crippen molar-refractivity contribution in [1.82, 2.24) is 0 Å². The predicted molar refractivity (Wildman–Crippen MR) is 104 cm³/mol. The smallest absolute Gasteiger partial charge is 0.382 e. The Morgan fingerprint density at radius 3 is 2.50 bits per heavy atom. The molecule has 10 heteroatoms. The molecule has 3 aliphatic rings. The molecule has 4 atom stereocenters. The number of alkyl halides is 3. The summed E-state index contributed by atoms with van der Waals surface area (Å²) in [6.07, 6.45) is -3.04. The van der Waals surface area contributed by atoms with E-state index in [2.05, 4.69) is 0 Å². The van der Waals surface area contributed by atoms with E-state index in [1.807, 2.05) is 0 Å². The molecule has 0 spiro atoms. The number of methoxy groups -OCH3 is 1. The van der Waals surface area contributed by atoms with Crippen molar-refractivity contribution in [3.8, 4) is 6.07 Å². The van der Waals surface area contributed by atoms with Crippen molar-refractivity contribution < 1.29 is 37.0 Å². The average molecular weight is 450 g/mol. The Kier molecular flexibility index (Phi) is 5.19.